The van der Waals surface area contributed by atoms with Gasteiger partial charge in [-0.25, -0.2) is 4.79 Å². The Morgan fingerprint density at radius 1 is 1.35 bits per heavy atom. The van der Waals surface area contributed by atoms with E-state index < -0.39 is 12.0 Å². The Labute approximate surface area is 116 Å². The molecule has 104 valence electrons. The van der Waals surface area contributed by atoms with Crippen molar-refractivity contribution in [3.8, 4) is 0 Å². The highest BCUT2D eigenvalue weighted by atomic mass is 16.4. The molecule has 0 radical (unpaired) electrons. The number of rotatable bonds is 3. The second-order valence-corrected chi connectivity index (χ2v) is 5.19. The van der Waals surface area contributed by atoms with Gasteiger partial charge in [0.1, 0.15) is 6.04 Å². The zero-order valence-electron chi connectivity index (χ0n) is 11.2. The molecule has 2 heterocycles. The van der Waals surface area contributed by atoms with E-state index in [4.69, 9.17) is 5.11 Å². The Morgan fingerprint density at radius 2 is 2.10 bits per heavy atom. The summed E-state index contributed by atoms with van der Waals surface area (Å²) in [6.45, 7) is 0.542. The van der Waals surface area contributed by atoms with E-state index in [1.54, 1.807) is 0 Å². The van der Waals surface area contributed by atoms with Gasteiger partial charge in [0.15, 0.2) is 0 Å². The molecule has 0 spiro atoms. The fourth-order valence-electron chi connectivity index (χ4n) is 2.77. The number of aromatic nitrogens is 1. The van der Waals surface area contributed by atoms with E-state index in [1.807, 2.05) is 42.1 Å². The van der Waals surface area contributed by atoms with Gasteiger partial charge in [0.2, 0.25) is 5.91 Å². The lowest BCUT2D eigenvalue weighted by Crippen LogP contribution is -2.55. The first-order valence-corrected chi connectivity index (χ1v) is 6.63. The van der Waals surface area contributed by atoms with Gasteiger partial charge in [-0.15, -0.1) is 0 Å². The normalized spacial score (nSPS) is 18.1. The van der Waals surface area contributed by atoms with Crippen LogP contribution >= 0.6 is 0 Å². The van der Waals surface area contributed by atoms with Crippen LogP contribution in [0.5, 0.6) is 0 Å². The van der Waals surface area contributed by atoms with E-state index in [0.29, 0.717) is 13.0 Å². The number of aliphatic carboxylic acids is 1. The molecule has 0 bridgehead atoms. The number of carbonyl (C=O) groups is 2. The van der Waals surface area contributed by atoms with Crippen LogP contribution in [0.2, 0.25) is 0 Å². The maximum atomic E-state index is 12.2. The van der Waals surface area contributed by atoms with Crippen molar-refractivity contribution < 1.29 is 14.7 Å². The van der Waals surface area contributed by atoms with Gasteiger partial charge in [-0.2, -0.15) is 0 Å². The summed E-state index contributed by atoms with van der Waals surface area (Å²) in [6.07, 6.45) is 2.75. The molecule has 1 N–H and O–H groups in total. The predicted octanol–water partition coefficient (Wildman–Crippen LogP) is 1.41. The molecule has 0 saturated carbocycles. The molecule has 1 saturated heterocycles. The second-order valence-electron chi connectivity index (χ2n) is 5.19. The summed E-state index contributed by atoms with van der Waals surface area (Å²) in [6, 6.07) is 7.26. The van der Waals surface area contributed by atoms with Crippen LogP contribution in [0.4, 0.5) is 0 Å². The van der Waals surface area contributed by atoms with E-state index >= 15 is 0 Å². The molecule has 1 aliphatic heterocycles. The molecule has 1 aliphatic rings. The highest BCUT2D eigenvalue weighted by molar-refractivity contribution is 5.91. The Kier molecular flexibility index (Phi) is 2.97. The van der Waals surface area contributed by atoms with Crippen molar-refractivity contribution in [3.05, 3.63) is 36.0 Å². The van der Waals surface area contributed by atoms with Gasteiger partial charge in [-0.05, 0) is 18.1 Å². The zero-order chi connectivity index (χ0) is 14.3. The molecule has 1 aromatic carbocycles. The zero-order valence-corrected chi connectivity index (χ0v) is 11.2. The van der Waals surface area contributed by atoms with Gasteiger partial charge < -0.3 is 14.6 Å². The molecule has 1 aromatic heterocycles. The van der Waals surface area contributed by atoms with Crippen molar-refractivity contribution in [1.82, 2.24) is 9.47 Å². The van der Waals surface area contributed by atoms with Gasteiger partial charge in [-0.1, -0.05) is 18.2 Å². The van der Waals surface area contributed by atoms with Gasteiger partial charge in [0, 0.05) is 30.7 Å². The Morgan fingerprint density at radius 3 is 2.75 bits per heavy atom. The molecule has 1 atom stereocenters. The van der Waals surface area contributed by atoms with Gasteiger partial charge >= 0.3 is 5.97 Å². The number of hydrogen-bond donors (Lipinski definition) is 1. The molecule has 0 aliphatic carbocycles. The van der Waals surface area contributed by atoms with Crippen molar-refractivity contribution in [3.63, 3.8) is 0 Å². The van der Waals surface area contributed by atoms with Crippen molar-refractivity contribution in [1.29, 1.82) is 0 Å². The number of carboxylic acids is 1. The second kappa shape index (κ2) is 4.67. The number of amides is 1. The number of nitrogens with zero attached hydrogens (tertiary/aromatic N) is 2. The number of fused-ring (bicyclic) bond motifs is 1. The van der Waals surface area contributed by atoms with Crippen LogP contribution in [0.3, 0.4) is 0 Å². The van der Waals surface area contributed by atoms with Crippen LogP contribution in [-0.2, 0) is 23.1 Å². The standard InChI is InChI=1S/C15H16N2O3/c1-16-9-10(11-4-2-3-5-12(11)16)8-14(18)17-7-6-13(17)15(19)20/h2-5,9,13H,6-8H2,1H3,(H,19,20). The molecular weight excluding hydrogens is 256 g/mol. The molecule has 2 aromatic rings. The van der Waals surface area contributed by atoms with Crippen molar-refractivity contribution >= 4 is 22.8 Å². The van der Waals surface area contributed by atoms with E-state index in [2.05, 4.69) is 0 Å². The molecule has 5 heteroatoms. The third kappa shape index (κ3) is 1.95. The highest BCUT2D eigenvalue weighted by Gasteiger charge is 2.37. The monoisotopic (exact) mass is 272 g/mol. The molecular formula is C15H16N2O3. The summed E-state index contributed by atoms with van der Waals surface area (Å²) in [5.74, 6) is -1.03. The first-order chi connectivity index (χ1) is 9.58. The summed E-state index contributed by atoms with van der Waals surface area (Å²) in [5.41, 5.74) is 2.03. The smallest absolute Gasteiger partial charge is 0.326 e. The summed E-state index contributed by atoms with van der Waals surface area (Å²) in [5, 5.41) is 10.0. The third-order valence-electron chi connectivity index (χ3n) is 3.95. The maximum absolute atomic E-state index is 12.2. The van der Waals surface area contributed by atoms with Crippen molar-refractivity contribution in [2.45, 2.75) is 18.9 Å². The van der Waals surface area contributed by atoms with Crippen LogP contribution in [0.15, 0.2) is 30.5 Å². The first-order valence-electron chi connectivity index (χ1n) is 6.63. The highest BCUT2D eigenvalue weighted by Crippen LogP contribution is 2.24. The number of hydrogen-bond acceptors (Lipinski definition) is 2. The van der Waals surface area contributed by atoms with E-state index in [1.165, 1.54) is 4.90 Å². The quantitative estimate of drug-likeness (QED) is 0.918. The van der Waals surface area contributed by atoms with Gasteiger partial charge in [-0.3, -0.25) is 4.79 Å². The minimum atomic E-state index is -0.914. The molecule has 3 rings (SSSR count). The molecule has 1 fully saturated rings. The maximum Gasteiger partial charge on any atom is 0.326 e. The predicted molar refractivity (Wildman–Crippen MR) is 74.4 cm³/mol. The average molecular weight is 272 g/mol. The van der Waals surface area contributed by atoms with Crippen LogP contribution in [0, 0.1) is 0 Å². The van der Waals surface area contributed by atoms with Crippen molar-refractivity contribution in [2.75, 3.05) is 6.54 Å². The minimum absolute atomic E-state index is 0.111. The largest absolute Gasteiger partial charge is 0.480 e. The number of likely N-dealkylation sites (tertiary alicyclic amines) is 1. The van der Waals surface area contributed by atoms with E-state index in [0.717, 1.165) is 16.5 Å². The summed E-state index contributed by atoms with van der Waals surface area (Å²) >= 11 is 0. The fourth-order valence-corrected chi connectivity index (χ4v) is 2.77. The third-order valence-corrected chi connectivity index (χ3v) is 3.95. The molecule has 20 heavy (non-hydrogen) atoms. The van der Waals surface area contributed by atoms with E-state index in [9.17, 15) is 9.59 Å². The number of benzene rings is 1. The fraction of sp³-hybridized carbons (Fsp3) is 0.333. The van der Waals surface area contributed by atoms with E-state index in [-0.39, 0.29) is 12.3 Å². The number of para-hydroxylation sites is 1. The number of carbonyl (C=O) groups excluding carboxylic acids is 1. The lowest BCUT2D eigenvalue weighted by Gasteiger charge is -2.38. The lowest BCUT2D eigenvalue weighted by molar-refractivity contribution is -0.156. The van der Waals surface area contributed by atoms with Gasteiger partial charge in [0.25, 0.3) is 0 Å². The van der Waals surface area contributed by atoms with Crippen molar-refractivity contribution in [2.24, 2.45) is 7.05 Å². The number of aryl methyl sites for hydroxylation is 1. The molecule has 1 amide bonds. The minimum Gasteiger partial charge on any atom is -0.480 e. The van der Waals surface area contributed by atoms with Crippen LogP contribution in [0.25, 0.3) is 10.9 Å². The topological polar surface area (TPSA) is 62.5 Å². The lowest BCUT2D eigenvalue weighted by atomic mass is 10.0. The Bertz CT molecular complexity index is 689. The molecule has 5 nitrogen and oxygen atoms in total. The Hall–Kier alpha value is -2.30. The average Bonchev–Trinajstić information content (AvgIpc) is 2.65. The first kappa shape index (κ1) is 12.7. The van der Waals surface area contributed by atoms with Crippen LogP contribution in [0.1, 0.15) is 12.0 Å². The summed E-state index contributed by atoms with van der Waals surface area (Å²) in [7, 11) is 1.94. The Balaban J connectivity index is 1.83. The number of carboxylic acid groups (broad SMARTS) is 1. The molecule has 1 unspecified atom stereocenters. The van der Waals surface area contributed by atoms with Gasteiger partial charge in [0.05, 0.1) is 6.42 Å². The van der Waals surface area contributed by atoms with Crippen LogP contribution in [-0.4, -0.2) is 39.0 Å². The summed E-state index contributed by atoms with van der Waals surface area (Å²) < 4.78 is 1.99. The summed E-state index contributed by atoms with van der Waals surface area (Å²) in [4.78, 5) is 24.6. The SMILES string of the molecule is Cn1cc(CC(=O)N2CCC2C(=O)O)c2ccccc21. The van der Waals surface area contributed by atoms with Crippen LogP contribution < -0.4 is 0 Å².